The largest absolute Gasteiger partial charge is 0.433 e. The van der Waals surface area contributed by atoms with Crippen LogP contribution in [0.2, 0.25) is 0 Å². The normalized spacial score (nSPS) is 11.1. The van der Waals surface area contributed by atoms with E-state index in [4.69, 9.17) is 5.26 Å². The molecule has 0 amide bonds. The summed E-state index contributed by atoms with van der Waals surface area (Å²) in [6, 6.07) is 3.70. The van der Waals surface area contributed by atoms with Crippen LogP contribution in [0.15, 0.2) is 30.9 Å². The van der Waals surface area contributed by atoms with Crippen LogP contribution in [-0.2, 0) is 12.7 Å². The van der Waals surface area contributed by atoms with Crippen LogP contribution in [0.3, 0.4) is 0 Å². The van der Waals surface area contributed by atoms with Crippen molar-refractivity contribution in [2.45, 2.75) is 12.7 Å². The Kier molecular flexibility index (Phi) is 3.89. The highest BCUT2D eigenvalue weighted by Crippen LogP contribution is 2.29. The van der Waals surface area contributed by atoms with Gasteiger partial charge in [-0.25, -0.2) is 9.97 Å². The molecule has 0 spiro atoms. The van der Waals surface area contributed by atoms with Gasteiger partial charge in [0.05, 0.1) is 11.9 Å². The van der Waals surface area contributed by atoms with Crippen molar-refractivity contribution in [2.75, 3.05) is 11.9 Å². The number of halogens is 3. The minimum atomic E-state index is -4.53. The lowest BCUT2D eigenvalue weighted by Gasteiger charge is -2.11. The number of nitrogens with one attached hydrogen (secondary N) is 1. The minimum absolute atomic E-state index is 0.0672. The molecule has 20 heavy (non-hydrogen) atoms. The highest BCUT2D eigenvalue weighted by molar-refractivity contribution is 5.52. The molecule has 2 rings (SSSR count). The summed E-state index contributed by atoms with van der Waals surface area (Å²) >= 11 is 0. The first-order chi connectivity index (χ1) is 9.50. The second kappa shape index (κ2) is 5.61. The summed E-state index contributed by atoms with van der Waals surface area (Å²) in [7, 11) is 0. The Bertz CT molecular complexity index is 613. The lowest BCUT2D eigenvalue weighted by atomic mass is 10.2. The van der Waals surface area contributed by atoms with Crippen LogP contribution in [0.4, 0.5) is 19.0 Å². The number of hydrogen-bond donors (Lipinski definition) is 1. The molecule has 0 aliphatic rings. The molecule has 0 bridgehead atoms. The fraction of sp³-hybridized carbons (Fsp3) is 0.250. The van der Waals surface area contributed by atoms with Crippen molar-refractivity contribution in [3.8, 4) is 6.07 Å². The van der Waals surface area contributed by atoms with E-state index in [0.29, 0.717) is 13.1 Å². The standard InChI is InChI=1S/C12H10F3N5/c13-12(14,15)10-2-1-9(7-16)11(19-10)18-4-6-20-5-3-17-8-20/h1-3,5,8H,4,6H2,(H,18,19). The van der Waals surface area contributed by atoms with Crippen molar-refractivity contribution < 1.29 is 13.2 Å². The molecule has 1 N–H and O–H groups in total. The second-order valence-electron chi connectivity index (χ2n) is 3.93. The van der Waals surface area contributed by atoms with Crippen molar-refractivity contribution in [3.63, 3.8) is 0 Å². The van der Waals surface area contributed by atoms with Gasteiger partial charge in [0.2, 0.25) is 0 Å². The summed E-state index contributed by atoms with van der Waals surface area (Å²) in [4.78, 5) is 7.30. The fourth-order valence-electron chi connectivity index (χ4n) is 1.56. The van der Waals surface area contributed by atoms with Gasteiger partial charge in [-0.3, -0.25) is 0 Å². The van der Waals surface area contributed by atoms with Crippen LogP contribution in [0.1, 0.15) is 11.3 Å². The van der Waals surface area contributed by atoms with Crippen molar-refractivity contribution in [1.82, 2.24) is 14.5 Å². The second-order valence-corrected chi connectivity index (χ2v) is 3.93. The average molecular weight is 281 g/mol. The number of nitrogens with zero attached hydrogens (tertiary/aromatic N) is 4. The smallest absolute Gasteiger partial charge is 0.367 e. The van der Waals surface area contributed by atoms with Crippen LogP contribution in [0.25, 0.3) is 0 Å². The molecule has 0 aliphatic carbocycles. The van der Waals surface area contributed by atoms with Gasteiger partial charge in [0, 0.05) is 25.5 Å². The molecule has 0 saturated carbocycles. The van der Waals surface area contributed by atoms with Crippen LogP contribution >= 0.6 is 0 Å². The Morgan fingerprint density at radius 2 is 2.15 bits per heavy atom. The van der Waals surface area contributed by atoms with Gasteiger partial charge >= 0.3 is 6.18 Å². The molecule has 2 heterocycles. The van der Waals surface area contributed by atoms with Crippen molar-refractivity contribution in [1.29, 1.82) is 5.26 Å². The van der Waals surface area contributed by atoms with Crippen LogP contribution in [0.5, 0.6) is 0 Å². The monoisotopic (exact) mass is 281 g/mol. The molecule has 0 aromatic carbocycles. The van der Waals surface area contributed by atoms with Crippen LogP contribution < -0.4 is 5.32 Å². The molecule has 2 aromatic heterocycles. The maximum Gasteiger partial charge on any atom is 0.433 e. The van der Waals surface area contributed by atoms with E-state index in [1.54, 1.807) is 29.4 Å². The Balaban J connectivity index is 2.11. The van der Waals surface area contributed by atoms with Gasteiger partial charge in [0.25, 0.3) is 0 Å². The van der Waals surface area contributed by atoms with E-state index in [-0.39, 0.29) is 11.4 Å². The van der Waals surface area contributed by atoms with Gasteiger partial charge in [-0.05, 0) is 12.1 Å². The zero-order valence-electron chi connectivity index (χ0n) is 10.2. The molecule has 0 radical (unpaired) electrons. The lowest BCUT2D eigenvalue weighted by Crippen LogP contribution is -2.14. The summed E-state index contributed by atoms with van der Waals surface area (Å²) in [5.74, 6) is -0.0672. The first-order valence-electron chi connectivity index (χ1n) is 5.68. The maximum absolute atomic E-state index is 12.6. The third-order valence-electron chi connectivity index (χ3n) is 2.53. The highest BCUT2D eigenvalue weighted by Gasteiger charge is 2.33. The fourth-order valence-corrected chi connectivity index (χ4v) is 1.56. The van der Waals surface area contributed by atoms with Gasteiger partial charge in [0.15, 0.2) is 0 Å². The van der Waals surface area contributed by atoms with Crippen LogP contribution in [0, 0.1) is 11.3 Å². The molecule has 0 atom stereocenters. The first-order valence-corrected chi connectivity index (χ1v) is 5.68. The van der Waals surface area contributed by atoms with Gasteiger partial charge in [-0.1, -0.05) is 0 Å². The van der Waals surface area contributed by atoms with E-state index in [0.717, 1.165) is 12.1 Å². The molecule has 0 aliphatic heterocycles. The lowest BCUT2D eigenvalue weighted by molar-refractivity contribution is -0.141. The number of imidazole rings is 1. The quantitative estimate of drug-likeness (QED) is 0.933. The maximum atomic E-state index is 12.6. The molecule has 104 valence electrons. The topological polar surface area (TPSA) is 66.5 Å². The van der Waals surface area contributed by atoms with Gasteiger partial charge in [0.1, 0.15) is 17.6 Å². The number of rotatable bonds is 4. The zero-order chi connectivity index (χ0) is 14.6. The molecule has 0 fully saturated rings. The van der Waals surface area contributed by atoms with E-state index in [1.165, 1.54) is 0 Å². The van der Waals surface area contributed by atoms with E-state index >= 15 is 0 Å². The molecule has 2 aromatic rings. The summed E-state index contributed by atoms with van der Waals surface area (Å²) in [6.45, 7) is 0.835. The van der Waals surface area contributed by atoms with Crippen molar-refractivity contribution in [2.24, 2.45) is 0 Å². The van der Waals surface area contributed by atoms with Gasteiger partial charge in [-0.2, -0.15) is 18.4 Å². The first kappa shape index (κ1) is 13.9. The minimum Gasteiger partial charge on any atom is -0.367 e. The Labute approximate surface area is 112 Å². The van der Waals surface area contributed by atoms with E-state index < -0.39 is 11.9 Å². The highest BCUT2D eigenvalue weighted by atomic mass is 19.4. The number of hydrogen-bond acceptors (Lipinski definition) is 4. The molecule has 0 unspecified atom stereocenters. The average Bonchev–Trinajstić information content (AvgIpc) is 2.90. The molecule has 5 nitrogen and oxygen atoms in total. The SMILES string of the molecule is N#Cc1ccc(C(F)(F)F)nc1NCCn1ccnc1. The van der Waals surface area contributed by atoms with E-state index in [1.807, 2.05) is 0 Å². The number of aromatic nitrogens is 3. The van der Waals surface area contributed by atoms with E-state index in [2.05, 4.69) is 15.3 Å². The summed E-state index contributed by atoms with van der Waals surface area (Å²) in [5, 5.41) is 11.6. The summed E-state index contributed by atoms with van der Waals surface area (Å²) in [5.41, 5.74) is -0.953. The van der Waals surface area contributed by atoms with Crippen LogP contribution in [-0.4, -0.2) is 21.1 Å². The Hall–Kier alpha value is -2.56. The molecule has 0 saturated heterocycles. The van der Waals surface area contributed by atoms with Crippen molar-refractivity contribution >= 4 is 5.82 Å². The molecular formula is C12H10F3N5. The third-order valence-corrected chi connectivity index (χ3v) is 2.53. The summed E-state index contributed by atoms with van der Waals surface area (Å²) < 4.78 is 39.4. The Morgan fingerprint density at radius 3 is 2.75 bits per heavy atom. The number of nitriles is 1. The molecular weight excluding hydrogens is 271 g/mol. The Morgan fingerprint density at radius 1 is 1.35 bits per heavy atom. The summed E-state index contributed by atoms with van der Waals surface area (Å²) in [6.07, 6.45) is 0.386. The van der Waals surface area contributed by atoms with Gasteiger partial charge in [-0.15, -0.1) is 0 Å². The van der Waals surface area contributed by atoms with Gasteiger partial charge < -0.3 is 9.88 Å². The zero-order valence-corrected chi connectivity index (χ0v) is 10.2. The third kappa shape index (κ3) is 3.26. The number of anilines is 1. The predicted molar refractivity (Wildman–Crippen MR) is 64.7 cm³/mol. The number of pyridine rings is 1. The van der Waals surface area contributed by atoms with Crippen molar-refractivity contribution in [3.05, 3.63) is 42.1 Å². The predicted octanol–water partition coefficient (Wildman–Crippen LogP) is 2.28. The van der Waals surface area contributed by atoms with E-state index in [9.17, 15) is 13.2 Å². The number of alkyl halides is 3. The molecule has 8 heteroatoms.